The van der Waals surface area contributed by atoms with Gasteiger partial charge in [0.1, 0.15) is 0 Å². The molecule has 0 aliphatic carbocycles. The number of hydrogen-bond donors (Lipinski definition) is 2. The topological polar surface area (TPSA) is 38.0 Å². The summed E-state index contributed by atoms with van der Waals surface area (Å²) in [5.41, 5.74) is 8.34. The highest BCUT2D eigenvalue weighted by Crippen LogP contribution is 2.11. The molecule has 2 nitrogen and oxygen atoms in total. The number of allylic oxidation sites excluding steroid dienone is 1. The average molecular weight is 126 g/mol. The van der Waals surface area contributed by atoms with Crippen LogP contribution in [0.2, 0.25) is 0 Å². The van der Waals surface area contributed by atoms with E-state index < -0.39 is 0 Å². The van der Waals surface area contributed by atoms with Crippen LogP contribution in [0.3, 0.4) is 0 Å². The van der Waals surface area contributed by atoms with Crippen molar-refractivity contribution in [3.63, 3.8) is 0 Å². The van der Waals surface area contributed by atoms with Crippen LogP contribution in [-0.2, 0) is 0 Å². The summed E-state index contributed by atoms with van der Waals surface area (Å²) in [7, 11) is 0. The van der Waals surface area contributed by atoms with Crippen molar-refractivity contribution >= 4 is 0 Å². The average Bonchev–Trinajstić information content (AvgIpc) is 1.83. The standard InChI is InChI=1S/C7H14N2/c1-5-6(2)9-4-3-7(5)8/h7,9H,3-4,8H2,1-2H3. The van der Waals surface area contributed by atoms with E-state index in [0.29, 0.717) is 6.04 Å². The highest BCUT2D eigenvalue weighted by Gasteiger charge is 2.11. The highest BCUT2D eigenvalue weighted by atomic mass is 14.9. The fraction of sp³-hybridized carbons (Fsp3) is 0.714. The normalized spacial score (nSPS) is 28.1. The Morgan fingerprint density at radius 3 is 2.67 bits per heavy atom. The van der Waals surface area contributed by atoms with Gasteiger partial charge in [0.2, 0.25) is 0 Å². The molecule has 0 aromatic carbocycles. The summed E-state index contributed by atoms with van der Waals surface area (Å²) >= 11 is 0. The van der Waals surface area contributed by atoms with E-state index >= 15 is 0 Å². The van der Waals surface area contributed by atoms with E-state index in [-0.39, 0.29) is 0 Å². The molecule has 0 aromatic rings. The molecule has 1 unspecified atom stereocenters. The van der Waals surface area contributed by atoms with Crippen molar-refractivity contribution in [1.82, 2.24) is 5.32 Å². The van der Waals surface area contributed by atoms with Crippen molar-refractivity contribution in [1.29, 1.82) is 0 Å². The molecule has 52 valence electrons. The summed E-state index contributed by atoms with van der Waals surface area (Å²) in [6.45, 7) is 5.20. The van der Waals surface area contributed by atoms with Gasteiger partial charge in [-0.25, -0.2) is 0 Å². The van der Waals surface area contributed by atoms with Gasteiger partial charge in [-0.05, 0) is 25.8 Å². The third kappa shape index (κ3) is 1.24. The van der Waals surface area contributed by atoms with Gasteiger partial charge in [0, 0.05) is 18.3 Å². The van der Waals surface area contributed by atoms with E-state index in [2.05, 4.69) is 19.2 Å². The minimum absolute atomic E-state index is 0.297. The van der Waals surface area contributed by atoms with Crippen molar-refractivity contribution < 1.29 is 0 Å². The van der Waals surface area contributed by atoms with Gasteiger partial charge in [0.15, 0.2) is 0 Å². The van der Waals surface area contributed by atoms with E-state index in [1.807, 2.05) is 0 Å². The molecule has 1 heterocycles. The Labute approximate surface area is 56.1 Å². The molecule has 1 rings (SSSR count). The van der Waals surface area contributed by atoms with Gasteiger partial charge in [-0.15, -0.1) is 0 Å². The number of nitrogens with one attached hydrogen (secondary N) is 1. The van der Waals surface area contributed by atoms with Crippen molar-refractivity contribution in [2.45, 2.75) is 26.3 Å². The molecule has 1 aliphatic rings. The SMILES string of the molecule is CC1=C(C)C(N)CCN1. The predicted molar refractivity (Wildman–Crippen MR) is 39.0 cm³/mol. The van der Waals surface area contributed by atoms with Crippen molar-refractivity contribution in [3.05, 3.63) is 11.3 Å². The summed E-state index contributed by atoms with van der Waals surface area (Å²) in [4.78, 5) is 0. The van der Waals surface area contributed by atoms with Crippen LogP contribution in [0.1, 0.15) is 20.3 Å². The smallest absolute Gasteiger partial charge is 0.0287 e. The van der Waals surface area contributed by atoms with E-state index in [0.717, 1.165) is 13.0 Å². The van der Waals surface area contributed by atoms with Gasteiger partial charge in [-0.1, -0.05) is 0 Å². The maximum absolute atomic E-state index is 5.77. The van der Waals surface area contributed by atoms with Crippen LogP contribution in [0, 0.1) is 0 Å². The van der Waals surface area contributed by atoms with Crippen LogP contribution in [0.4, 0.5) is 0 Å². The monoisotopic (exact) mass is 126 g/mol. The lowest BCUT2D eigenvalue weighted by Gasteiger charge is -2.22. The fourth-order valence-electron chi connectivity index (χ4n) is 1.05. The molecule has 0 amide bonds. The Kier molecular flexibility index (Phi) is 1.76. The van der Waals surface area contributed by atoms with Crippen LogP contribution in [0.25, 0.3) is 0 Å². The molecule has 0 spiro atoms. The minimum atomic E-state index is 0.297. The van der Waals surface area contributed by atoms with Crippen LogP contribution in [-0.4, -0.2) is 12.6 Å². The first kappa shape index (κ1) is 6.62. The van der Waals surface area contributed by atoms with E-state index in [1.165, 1.54) is 11.3 Å². The van der Waals surface area contributed by atoms with E-state index in [9.17, 15) is 0 Å². The van der Waals surface area contributed by atoms with Crippen LogP contribution >= 0.6 is 0 Å². The molecule has 1 aliphatic heterocycles. The Balaban J connectivity index is 2.72. The second-order valence-corrected chi connectivity index (χ2v) is 2.63. The Morgan fingerprint density at radius 1 is 1.56 bits per heavy atom. The molecular formula is C7H14N2. The molecule has 2 heteroatoms. The van der Waals surface area contributed by atoms with Gasteiger partial charge < -0.3 is 11.1 Å². The lowest BCUT2D eigenvalue weighted by Crippen LogP contribution is -2.34. The summed E-state index contributed by atoms with van der Waals surface area (Å²) in [5, 5.41) is 3.26. The molecule has 9 heavy (non-hydrogen) atoms. The second kappa shape index (κ2) is 2.40. The molecule has 1 atom stereocenters. The first-order valence-electron chi connectivity index (χ1n) is 3.38. The summed E-state index contributed by atoms with van der Waals surface area (Å²) in [5.74, 6) is 0. The lowest BCUT2D eigenvalue weighted by molar-refractivity contribution is 0.591. The zero-order valence-electron chi connectivity index (χ0n) is 6.07. The van der Waals surface area contributed by atoms with Gasteiger partial charge in [-0.2, -0.15) is 0 Å². The van der Waals surface area contributed by atoms with E-state index in [4.69, 9.17) is 5.73 Å². The highest BCUT2D eigenvalue weighted by molar-refractivity contribution is 5.16. The Hall–Kier alpha value is -0.500. The van der Waals surface area contributed by atoms with Crippen molar-refractivity contribution in [2.75, 3.05) is 6.54 Å². The zero-order valence-corrected chi connectivity index (χ0v) is 6.07. The van der Waals surface area contributed by atoms with Crippen LogP contribution in [0.15, 0.2) is 11.3 Å². The van der Waals surface area contributed by atoms with Crippen LogP contribution < -0.4 is 11.1 Å². The quantitative estimate of drug-likeness (QED) is 0.499. The van der Waals surface area contributed by atoms with Crippen molar-refractivity contribution in [2.24, 2.45) is 5.73 Å². The second-order valence-electron chi connectivity index (χ2n) is 2.63. The van der Waals surface area contributed by atoms with Gasteiger partial charge >= 0.3 is 0 Å². The lowest BCUT2D eigenvalue weighted by atomic mass is 10.0. The molecule has 3 N–H and O–H groups in total. The maximum atomic E-state index is 5.77. The number of nitrogens with two attached hydrogens (primary N) is 1. The molecule has 0 bridgehead atoms. The molecular weight excluding hydrogens is 112 g/mol. The predicted octanol–water partition coefficient (Wildman–Crippen LogP) is 0.601. The van der Waals surface area contributed by atoms with Crippen LogP contribution in [0.5, 0.6) is 0 Å². The summed E-state index contributed by atoms with van der Waals surface area (Å²) < 4.78 is 0. The molecule has 0 radical (unpaired) electrons. The van der Waals surface area contributed by atoms with E-state index in [1.54, 1.807) is 0 Å². The summed E-state index contributed by atoms with van der Waals surface area (Å²) in [6, 6.07) is 0.297. The van der Waals surface area contributed by atoms with Crippen molar-refractivity contribution in [3.8, 4) is 0 Å². The van der Waals surface area contributed by atoms with Gasteiger partial charge in [0.25, 0.3) is 0 Å². The fourth-order valence-corrected chi connectivity index (χ4v) is 1.05. The third-order valence-corrected chi connectivity index (χ3v) is 1.99. The third-order valence-electron chi connectivity index (χ3n) is 1.99. The largest absolute Gasteiger partial charge is 0.388 e. The maximum Gasteiger partial charge on any atom is 0.0287 e. The molecule has 0 saturated carbocycles. The number of rotatable bonds is 0. The molecule has 0 aromatic heterocycles. The first-order chi connectivity index (χ1) is 4.22. The minimum Gasteiger partial charge on any atom is -0.388 e. The van der Waals surface area contributed by atoms with Gasteiger partial charge in [-0.3, -0.25) is 0 Å². The zero-order chi connectivity index (χ0) is 6.85. The molecule has 0 saturated heterocycles. The Bertz CT molecular complexity index is 138. The number of hydrogen-bond acceptors (Lipinski definition) is 2. The van der Waals surface area contributed by atoms with Gasteiger partial charge in [0.05, 0.1) is 0 Å². The Morgan fingerprint density at radius 2 is 2.22 bits per heavy atom. The molecule has 0 fully saturated rings. The summed E-state index contributed by atoms with van der Waals surface area (Å²) in [6.07, 6.45) is 1.07. The first-order valence-corrected chi connectivity index (χ1v) is 3.38.